The lowest BCUT2D eigenvalue weighted by molar-refractivity contribution is -0.446. The number of esters is 2. The van der Waals surface area contributed by atoms with Gasteiger partial charge < -0.3 is 14.2 Å². The van der Waals surface area contributed by atoms with Gasteiger partial charge >= 0.3 is 11.9 Å². The normalized spacial score (nSPS) is 38.2. The van der Waals surface area contributed by atoms with E-state index in [9.17, 15) is 9.59 Å². The summed E-state index contributed by atoms with van der Waals surface area (Å²) in [6.45, 7) is 1.92. The zero-order valence-electron chi connectivity index (χ0n) is 17.0. The van der Waals surface area contributed by atoms with E-state index in [0.717, 1.165) is 19.3 Å². The Morgan fingerprint density at radius 2 is 1.97 bits per heavy atom. The predicted octanol–water partition coefficient (Wildman–Crippen LogP) is 2.48. The van der Waals surface area contributed by atoms with Crippen LogP contribution in [0.15, 0.2) is 30.3 Å². The summed E-state index contributed by atoms with van der Waals surface area (Å²) in [5.41, 5.74) is 1.27. The molecule has 162 valence electrons. The summed E-state index contributed by atoms with van der Waals surface area (Å²) in [5, 5.41) is 1.25. The fraction of sp³-hybridized carbons (Fsp3) is 0.636. The van der Waals surface area contributed by atoms with Crippen LogP contribution in [0, 0.1) is 5.92 Å². The Labute approximate surface area is 175 Å². The second kappa shape index (κ2) is 8.26. The zero-order valence-corrected chi connectivity index (χ0v) is 17.0. The third-order valence-corrected chi connectivity index (χ3v) is 6.50. The van der Waals surface area contributed by atoms with Gasteiger partial charge in [-0.3, -0.25) is 9.63 Å². The molecule has 1 saturated carbocycles. The number of benzene rings is 1. The summed E-state index contributed by atoms with van der Waals surface area (Å²) in [6, 6.07) is 9.94. The first-order valence-electron chi connectivity index (χ1n) is 10.9. The van der Waals surface area contributed by atoms with E-state index in [1.165, 1.54) is 17.2 Å². The molecule has 4 fully saturated rings. The van der Waals surface area contributed by atoms with E-state index in [1.54, 1.807) is 6.92 Å². The molecule has 0 N–H and O–H groups in total. The monoisotopic (exact) mass is 417 g/mol. The van der Waals surface area contributed by atoms with Gasteiger partial charge in [0.05, 0.1) is 12.7 Å². The topological polar surface area (TPSA) is 83.5 Å². The highest BCUT2D eigenvalue weighted by Gasteiger charge is 2.64. The van der Waals surface area contributed by atoms with Gasteiger partial charge in [0, 0.05) is 12.3 Å². The van der Waals surface area contributed by atoms with Crippen molar-refractivity contribution >= 4 is 11.9 Å². The summed E-state index contributed by atoms with van der Waals surface area (Å²) >= 11 is 0. The average molecular weight is 417 g/mol. The van der Waals surface area contributed by atoms with Gasteiger partial charge in [0.25, 0.3) is 0 Å². The molecule has 8 heteroatoms. The van der Waals surface area contributed by atoms with Gasteiger partial charge in [-0.15, -0.1) is 0 Å². The van der Waals surface area contributed by atoms with E-state index >= 15 is 0 Å². The molecular weight excluding hydrogens is 390 g/mol. The summed E-state index contributed by atoms with van der Waals surface area (Å²) in [7, 11) is 0. The van der Waals surface area contributed by atoms with Crippen molar-refractivity contribution in [1.29, 1.82) is 0 Å². The molecule has 5 rings (SSSR count). The first kappa shape index (κ1) is 19.9. The summed E-state index contributed by atoms with van der Waals surface area (Å²) in [6.07, 6.45) is 2.64. The lowest BCUT2D eigenvalue weighted by Gasteiger charge is -2.39. The molecule has 0 spiro atoms. The summed E-state index contributed by atoms with van der Waals surface area (Å²) < 4.78 is 17.0. The molecule has 1 aliphatic carbocycles. The van der Waals surface area contributed by atoms with Gasteiger partial charge in [-0.05, 0) is 25.3 Å². The molecule has 30 heavy (non-hydrogen) atoms. The van der Waals surface area contributed by atoms with Crippen LogP contribution in [0.5, 0.6) is 0 Å². The molecule has 1 aromatic rings. The third-order valence-electron chi connectivity index (χ3n) is 6.50. The van der Waals surface area contributed by atoms with Gasteiger partial charge in [-0.1, -0.05) is 48.4 Å². The number of rotatable bonds is 5. The van der Waals surface area contributed by atoms with E-state index in [1.807, 2.05) is 6.07 Å². The summed E-state index contributed by atoms with van der Waals surface area (Å²) in [4.78, 5) is 36.3. The van der Waals surface area contributed by atoms with Crippen LogP contribution in [0.25, 0.3) is 0 Å². The van der Waals surface area contributed by atoms with E-state index in [2.05, 4.69) is 24.3 Å². The number of nitrogens with zero attached hydrogens (tertiary/aromatic N) is 1. The van der Waals surface area contributed by atoms with Crippen LogP contribution in [0.4, 0.5) is 0 Å². The highest BCUT2D eigenvalue weighted by atomic mass is 17.0. The van der Waals surface area contributed by atoms with E-state index < -0.39 is 42.4 Å². The molecule has 3 aliphatic heterocycles. The lowest BCUT2D eigenvalue weighted by atomic mass is 9.81. The van der Waals surface area contributed by atoms with Crippen molar-refractivity contribution in [2.45, 2.75) is 75.6 Å². The number of hydrogen-bond donors (Lipinski definition) is 0. The molecule has 1 aromatic carbocycles. The zero-order chi connectivity index (χ0) is 20.7. The quantitative estimate of drug-likeness (QED) is 0.676. The van der Waals surface area contributed by atoms with Crippen molar-refractivity contribution in [3.05, 3.63) is 35.9 Å². The van der Waals surface area contributed by atoms with Crippen molar-refractivity contribution in [2.24, 2.45) is 5.92 Å². The minimum absolute atomic E-state index is 0.0130. The number of carbonyl (C=O) groups excluding carboxylic acids is 2. The van der Waals surface area contributed by atoms with Crippen LogP contribution in [0.3, 0.4) is 0 Å². The molecule has 0 bridgehead atoms. The maximum atomic E-state index is 12.4. The number of hydroxylamine groups is 2. The van der Waals surface area contributed by atoms with E-state index in [0.29, 0.717) is 12.3 Å². The Balaban J connectivity index is 1.30. The fourth-order valence-corrected chi connectivity index (χ4v) is 5.15. The minimum atomic E-state index is -1.04. The Kier molecular flexibility index (Phi) is 5.49. The van der Waals surface area contributed by atoms with Gasteiger partial charge in [0.1, 0.15) is 18.1 Å². The lowest BCUT2D eigenvalue weighted by Crippen LogP contribution is -2.49. The first-order valence-corrected chi connectivity index (χ1v) is 10.9. The van der Waals surface area contributed by atoms with Crippen molar-refractivity contribution in [3.8, 4) is 0 Å². The molecular formula is C22H27NO7. The smallest absolute Gasteiger partial charge is 0.338 e. The van der Waals surface area contributed by atoms with Crippen LogP contribution >= 0.6 is 0 Å². The number of carbonyl (C=O) groups is 2. The van der Waals surface area contributed by atoms with Crippen molar-refractivity contribution in [1.82, 2.24) is 5.23 Å². The molecule has 4 unspecified atom stereocenters. The molecule has 4 aliphatic rings. The Hall–Kier alpha value is -2.00. The van der Waals surface area contributed by atoms with Gasteiger partial charge in [-0.2, -0.15) is 0 Å². The standard InChI is InChI=1S/C22H27NO7/c1-2-26-22(25)20-18-19-16(28-21(18)24)12-17(29-23(19)30-20)27-15-11-7-6-10-14(15)13-8-4-3-5-9-13/h3-5,8-9,14-20H,2,6-7,10-12H2,1H3/t14?,15?,16-,17+,18?,19?,20-/m1/s1. The molecule has 7 atom stereocenters. The second-order valence-electron chi connectivity index (χ2n) is 8.30. The van der Waals surface area contributed by atoms with Gasteiger partial charge in [0.2, 0.25) is 0 Å². The van der Waals surface area contributed by atoms with E-state index in [4.69, 9.17) is 23.9 Å². The average Bonchev–Trinajstić information content (AvgIpc) is 3.30. The largest absolute Gasteiger partial charge is 0.464 e. The van der Waals surface area contributed by atoms with Crippen molar-refractivity contribution in [3.63, 3.8) is 0 Å². The molecule has 8 nitrogen and oxygen atoms in total. The predicted molar refractivity (Wildman–Crippen MR) is 103 cm³/mol. The van der Waals surface area contributed by atoms with Gasteiger partial charge in [-0.25, -0.2) is 9.63 Å². The van der Waals surface area contributed by atoms with E-state index in [-0.39, 0.29) is 12.7 Å². The maximum Gasteiger partial charge on any atom is 0.338 e. The van der Waals surface area contributed by atoms with Crippen molar-refractivity contribution < 1.29 is 33.5 Å². The Bertz CT molecular complexity index is 787. The maximum absolute atomic E-state index is 12.4. The first-order chi connectivity index (χ1) is 14.7. The molecule has 3 saturated heterocycles. The minimum Gasteiger partial charge on any atom is -0.464 e. The fourth-order valence-electron chi connectivity index (χ4n) is 5.15. The molecule has 0 aromatic heterocycles. The number of hydrogen-bond acceptors (Lipinski definition) is 8. The van der Waals surface area contributed by atoms with Crippen LogP contribution in [-0.2, 0) is 33.5 Å². The van der Waals surface area contributed by atoms with Crippen LogP contribution in [-0.4, -0.2) is 54.4 Å². The van der Waals surface area contributed by atoms with Crippen LogP contribution in [0.1, 0.15) is 50.5 Å². The van der Waals surface area contributed by atoms with Crippen LogP contribution < -0.4 is 0 Å². The summed E-state index contributed by atoms with van der Waals surface area (Å²) in [5.74, 6) is -1.46. The molecule has 0 radical (unpaired) electrons. The third kappa shape index (κ3) is 3.51. The highest BCUT2D eigenvalue weighted by Crippen LogP contribution is 2.44. The Morgan fingerprint density at radius 3 is 2.77 bits per heavy atom. The van der Waals surface area contributed by atoms with Crippen molar-refractivity contribution in [2.75, 3.05) is 6.61 Å². The van der Waals surface area contributed by atoms with Gasteiger partial charge in [0.15, 0.2) is 12.4 Å². The number of ether oxygens (including phenoxy) is 3. The van der Waals surface area contributed by atoms with Crippen LogP contribution in [0.2, 0.25) is 0 Å². The highest BCUT2D eigenvalue weighted by molar-refractivity contribution is 5.86. The molecule has 0 amide bonds. The Morgan fingerprint density at radius 1 is 1.17 bits per heavy atom. The second-order valence-corrected chi connectivity index (χ2v) is 8.30. The molecule has 3 heterocycles. The SMILES string of the molecule is CCOC(=O)[C@@H]1ON2O[C@H](OC3CCCCC3c3ccccc3)C[C@H]3OC(=O)C1C32.